The van der Waals surface area contributed by atoms with Crippen LogP contribution in [0.5, 0.6) is 6.01 Å². The minimum Gasteiger partial charge on any atom is -0.467 e. The Balaban J connectivity index is 2.24. The Morgan fingerprint density at radius 2 is 2.00 bits per heavy atom. The molecule has 0 radical (unpaired) electrons. The zero-order valence-corrected chi connectivity index (χ0v) is 11.1. The molecule has 0 aliphatic heterocycles. The fraction of sp³-hybridized carbons (Fsp3) is 0.167. The van der Waals surface area contributed by atoms with E-state index in [9.17, 15) is 4.79 Å². The number of nitrogens with zero attached hydrogens (tertiary/aromatic N) is 3. The maximum absolute atomic E-state index is 12.0. The highest BCUT2D eigenvalue weighted by Gasteiger charge is 2.12. The van der Waals surface area contributed by atoms with Crippen LogP contribution in [0.2, 0.25) is 5.02 Å². The van der Waals surface area contributed by atoms with Gasteiger partial charge in [-0.15, -0.1) is 0 Å². The number of halogens is 1. The number of nitrogens with one attached hydrogen (secondary N) is 1. The number of anilines is 1. The molecule has 1 aromatic carbocycles. The largest absolute Gasteiger partial charge is 0.467 e. The monoisotopic (exact) mass is 278 g/mol. The molecule has 1 aromatic heterocycles. The van der Waals surface area contributed by atoms with Crippen molar-refractivity contribution in [1.29, 1.82) is 0 Å². The van der Waals surface area contributed by atoms with E-state index in [1.54, 1.807) is 31.2 Å². The zero-order chi connectivity index (χ0) is 13.8. The summed E-state index contributed by atoms with van der Waals surface area (Å²) < 4.78 is 4.91. The molecule has 1 N–H and O–H groups in total. The Labute approximate surface area is 114 Å². The molecule has 2 aromatic rings. The number of amides is 1. The van der Waals surface area contributed by atoms with Gasteiger partial charge in [0.1, 0.15) is 5.82 Å². The predicted molar refractivity (Wildman–Crippen MR) is 70.5 cm³/mol. The molecule has 7 heteroatoms. The molecule has 0 bridgehead atoms. The first-order chi connectivity index (χ1) is 9.10. The Hall–Kier alpha value is -2.21. The SMILES string of the molecule is COc1nc(C)nc(NC(=O)c2ccccc2Cl)n1. The quantitative estimate of drug-likeness (QED) is 0.930. The highest BCUT2D eigenvalue weighted by atomic mass is 35.5. The third-order valence-corrected chi connectivity index (χ3v) is 2.58. The maximum atomic E-state index is 12.0. The summed E-state index contributed by atoms with van der Waals surface area (Å²) in [5, 5.41) is 2.91. The summed E-state index contributed by atoms with van der Waals surface area (Å²) in [7, 11) is 1.44. The van der Waals surface area contributed by atoms with E-state index < -0.39 is 5.91 Å². The van der Waals surface area contributed by atoms with Crippen LogP contribution in [0.15, 0.2) is 24.3 Å². The lowest BCUT2D eigenvalue weighted by molar-refractivity contribution is 0.102. The van der Waals surface area contributed by atoms with E-state index in [1.807, 2.05) is 0 Å². The Morgan fingerprint density at radius 3 is 2.68 bits per heavy atom. The molecule has 0 aliphatic carbocycles. The normalized spacial score (nSPS) is 10.1. The average molecular weight is 279 g/mol. The van der Waals surface area contributed by atoms with Gasteiger partial charge in [0.05, 0.1) is 17.7 Å². The number of benzene rings is 1. The van der Waals surface area contributed by atoms with Crippen molar-refractivity contribution in [1.82, 2.24) is 15.0 Å². The predicted octanol–water partition coefficient (Wildman–Crippen LogP) is 2.09. The molecule has 19 heavy (non-hydrogen) atoms. The van der Waals surface area contributed by atoms with Gasteiger partial charge in [-0.25, -0.2) is 0 Å². The lowest BCUT2D eigenvalue weighted by atomic mass is 10.2. The van der Waals surface area contributed by atoms with Gasteiger partial charge in [-0.05, 0) is 19.1 Å². The van der Waals surface area contributed by atoms with Crippen LogP contribution < -0.4 is 10.1 Å². The standard InChI is InChI=1S/C12H11ClN4O2/c1-7-14-11(17-12(15-7)19-2)16-10(18)8-5-3-4-6-9(8)13/h3-6H,1-2H3,(H,14,15,16,17,18). The van der Waals surface area contributed by atoms with Crippen LogP contribution in [-0.4, -0.2) is 28.0 Å². The van der Waals surface area contributed by atoms with Crippen LogP contribution in [-0.2, 0) is 0 Å². The molecule has 0 unspecified atom stereocenters. The molecular formula is C12H11ClN4O2. The lowest BCUT2D eigenvalue weighted by Gasteiger charge is -2.06. The number of methoxy groups -OCH3 is 1. The zero-order valence-electron chi connectivity index (χ0n) is 10.3. The summed E-state index contributed by atoms with van der Waals surface area (Å²) >= 11 is 5.94. The van der Waals surface area contributed by atoms with E-state index in [-0.39, 0.29) is 12.0 Å². The maximum Gasteiger partial charge on any atom is 0.321 e. The smallest absolute Gasteiger partial charge is 0.321 e. The topological polar surface area (TPSA) is 77.0 Å². The molecule has 0 aliphatic rings. The number of hydrogen-bond donors (Lipinski definition) is 1. The van der Waals surface area contributed by atoms with Gasteiger partial charge in [-0.3, -0.25) is 10.1 Å². The van der Waals surface area contributed by atoms with Crippen LogP contribution >= 0.6 is 11.6 Å². The molecule has 0 fully saturated rings. The fourth-order valence-corrected chi connectivity index (χ4v) is 1.64. The fourth-order valence-electron chi connectivity index (χ4n) is 1.42. The number of ether oxygens (including phenoxy) is 1. The summed E-state index contributed by atoms with van der Waals surface area (Å²) in [5.41, 5.74) is 0.348. The van der Waals surface area contributed by atoms with Gasteiger partial charge in [0.2, 0.25) is 5.95 Å². The third-order valence-electron chi connectivity index (χ3n) is 2.25. The van der Waals surface area contributed by atoms with E-state index in [4.69, 9.17) is 16.3 Å². The number of aryl methyl sites for hydroxylation is 1. The molecule has 1 amide bonds. The van der Waals surface area contributed by atoms with Gasteiger partial charge in [0.25, 0.3) is 5.91 Å². The number of carbonyl (C=O) groups excluding carboxylic acids is 1. The van der Waals surface area contributed by atoms with Gasteiger partial charge in [-0.2, -0.15) is 15.0 Å². The molecule has 98 valence electrons. The Kier molecular flexibility index (Phi) is 3.91. The summed E-state index contributed by atoms with van der Waals surface area (Å²) in [6, 6.07) is 6.86. The summed E-state index contributed by atoms with van der Waals surface area (Å²) in [5.74, 6) is 0.175. The summed E-state index contributed by atoms with van der Waals surface area (Å²) in [6.45, 7) is 1.68. The Morgan fingerprint density at radius 1 is 1.26 bits per heavy atom. The molecule has 0 saturated carbocycles. The summed E-state index contributed by atoms with van der Waals surface area (Å²) in [6.07, 6.45) is 0. The average Bonchev–Trinajstić information content (AvgIpc) is 2.38. The van der Waals surface area contributed by atoms with Crippen LogP contribution in [0.4, 0.5) is 5.95 Å². The van der Waals surface area contributed by atoms with Gasteiger partial charge >= 0.3 is 6.01 Å². The highest BCUT2D eigenvalue weighted by Crippen LogP contribution is 2.16. The van der Waals surface area contributed by atoms with Crippen LogP contribution in [0.25, 0.3) is 0 Å². The van der Waals surface area contributed by atoms with Crippen LogP contribution in [0.3, 0.4) is 0 Å². The molecular weight excluding hydrogens is 268 g/mol. The third kappa shape index (κ3) is 3.17. The van der Waals surface area contributed by atoms with Crippen molar-refractivity contribution in [3.05, 3.63) is 40.7 Å². The number of aromatic nitrogens is 3. The van der Waals surface area contributed by atoms with Gasteiger partial charge in [0, 0.05) is 0 Å². The number of hydrogen-bond acceptors (Lipinski definition) is 5. The van der Waals surface area contributed by atoms with Crippen molar-refractivity contribution in [2.24, 2.45) is 0 Å². The number of rotatable bonds is 3. The second-order valence-electron chi connectivity index (χ2n) is 3.63. The van der Waals surface area contributed by atoms with Crippen molar-refractivity contribution in [2.45, 2.75) is 6.92 Å². The van der Waals surface area contributed by atoms with E-state index in [0.29, 0.717) is 16.4 Å². The van der Waals surface area contributed by atoms with E-state index in [0.717, 1.165) is 0 Å². The van der Waals surface area contributed by atoms with Gasteiger partial charge < -0.3 is 4.74 Å². The molecule has 0 spiro atoms. The first-order valence-corrected chi connectivity index (χ1v) is 5.80. The molecule has 1 heterocycles. The minimum absolute atomic E-state index is 0.120. The second-order valence-corrected chi connectivity index (χ2v) is 4.03. The first-order valence-electron chi connectivity index (χ1n) is 5.42. The van der Waals surface area contributed by atoms with Crippen molar-refractivity contribution in [3.8, 4) is 6.01 Å². The van der Waals surface area contributed by atoms with Crippen molar-refractivity contribution in [2.75, 3.05) is 12.4 Å². The number of carbonyl (C=O) groups is 1. The minimum atomic E-state index is -0.391. The molecule has 0 atom stereocenters. The van der Waals surface area contributed by atoms with Crippen LogP contribution in [0.1, 0.15) is 16.2 Å². The van der Waals surface area contributed by atoms with E-state index in [1.165, 1.54) is 7.11 Å². The van der Waals surface area contributed by atoms with E-state index >= 15 is 0 Å². The van der Waals surface area contributed by atoms with Crippen molar-refractivity contribution >= 4 is 23.5 Å². The molecule has 2 rings (SSSR count). The molecule has 6 nitrogen and oxygen atoms in total. The first kappa shape index (κ1) is 13.2. The lowest BCUT2D eigenvalue weighted by Crippen LogP contribution is -2.15. The highest BCUT2D eigenvalue weighted by molar-refractivity contribution is 6.34. The van der Waals surface area contributed by atoms with Crippen LogP contribution in [0, 0.1) is 6.92 Å². The van der Waals surface area contributed by atoms with Gasteiger partial charge in [-0.1, -0.05) is 23.7 Å². The second kappa shape index (κ2) is 5.62. The summed E-state index contributed by atoms with van der Waals surface area (Å²) in [4.78, 5) is 23.9. The van der Waals surface area contributed by atoms with Crippen molar-refractivity contribution < 1.29 is 9.53 Å². The molecule has 0 saturated heterocycles. The van der Waals surface area contributed by atoms with E-state index in [2.05, 4.69) is 20.3 Å². The Bertz CT molecular complexity index is 618. The van der Waals surface area contributed by atoms with Crippen molar-refractivity contribution in [3.63, 3.8) is 0 Å². The van der Waals surface area contributed by atoms with Gasteiger partial charge in [0.15, 0.2) is 0 Å².